The van der Waals surface area contributed by atoms with E-state index in [1.54, 1.807) is 14.0 Å². The Bertz CT molecular complexity index is 376. The van der Waals surface area contributed by atoms with E-state index in [0.717, 1.165) is 5.69 Å². The molecule has 2 N–H and O–H groups in total. The van der Waals surface area contributed by atoms with Crippen molar-refractivity contribution in [3.05, 3.63) is 16.4 Å². The first kappa shape index (κ1) is 12.0. The van der Waals surface area contributed by atoms with Crippen molar-refractivity contribution in [2.45, 2.75) is 19.4 Å². The Labute approximate surface area is 93.1 Å². The molecule has 0 aliphatic rings. The molecular weight excluding hydrogens is 218 g/mol. The maximum Gasteiger partial charge on any atom is 0.307 e. The fourth-order valence-corrected chi connectivity index (χ4v) is 1.75. The van der Waals surface area contributed by atoms with Gasteiger partial charge in [-0.05, 0) is 6.92 Å². The van der Waals surface area contributed by atoms with Crippen LogP contribution in [0.5, 0.6) is 0 Å². The van der Waals surface area contributed by atoms with Gasteiger partial charge >= 0.3 is 5.97 Å². The minimum Gasteiger partial charge on any atom is -0.469 e. The van der Waals surface area contributed by atoms with Gasteiger partial charge in [0.15, 0.2) is 0 Å². The van der Waals surface area contributed by atoms with Gasteiger partial charge < -0.3 is 10.5 Å². The van der Waals surface area contributed by atoms with Crippen LogP contribution in [0.4, 0.5) is 0 Å². The van der Waals surface area contributed by atoms with Crippen LogP contribution in [-0.4, -0.2) is 22.9 Å². The van der Waals surface area contributed by atoms with E-state index in [4.69, 9.17) is 17.3 Å². The standard InChI is InChI=1S/C9H14ClN3O2/c1-5-8(9(10)13(2)12-5)6(11)4-7(14)15-3/h6H,4,11H2,1-3H3/t6-/m0/s1. The van der Waals surface area contributed by atoms with Gasteiger partial charge in [0.2, 0.25) is 0 Å². The highest BCUT2D eigenvalue weighted by molar-refractivity contribution is 6.30. The molecule has 1 heterocycles. The molecule has 0 fully saturated rings. The van der Waals surface area contributed by atoms with Gasteiger partial charge in [0.1, 0.15) is 5.15 Å². The summed E-state index contributed by atoms with van der Waals surface area (Å²) in [6.45, 7) is 1.80. The lowest BCUT2D eigenvalue weighted by atomic mass is 10.1. The van der Waals surface area contributed by atoms with Gasteiger partial charge in [0.05, 0.1) is 19.2 Å². The molecule has 6 heteroatoms. The SMILES string of the molecule is COC(=O)C[C@H](N)c1c(C)nn(C)c1Cl. The number of methoxy groups -OCH3 is 1. The molecule has 1 aromatic rings. The van der Waals surface area contributed by atoms with Crippen molar-refractivity contribution in [2.24, 2.45) is 12.8 Å². The normalized spacial score (nSPS) is 12.6. The number of nitrogens with two attached hydrogens (primary N) is 1. The van der Waals surface area contributed by atoms with Crippen LogP contribution in [0.25, 0.3) is 0 Å². The summed E-state index contributed by atoms with van der Waals surface area (Å²) in [5.41, 5.74) is 7.28. The molecule has 0 unspecified atom stereocenters. The third-order valence-electron chi connectivity index (χ3n) is 2.18. The average molecular weight is 232 g/mol. The van der Waals surface area contributed by atoms with Crippen LogP contribution in [0.2, 0.25) is 5.15 Å². The van der Waals surface area contributed by atoms with Crippen LogP contribution < -0.4 is 5.73 Å². The quantitative estimate of drug-likeness (QED) is 0.787. The number of aryl methyl sites for hydroxylation is 2. The van der Waals surface area contributed by atoms with Gasteiger partial charge in [-0.2, -0.15) is 5.10 Å². The first-order valence-electron chi connectivity index (χ1n) is 4.48. The molecule has 0 spiro atoms. The van der Waals surface area contributed by atoms with Crippen LogP contribution in [0.15, 0.2) is 0 Å². The monoisotopic (exact) mass is 231 g/mol. The van der Waals surface area contributed by atoms with E-state index < -0.39 is 6.04 Å². The maximum atomic E-state index is 11.1. The van der Waals surface area contributed by atoms with Crippen molar-refractivity contribution >= 4 is 17.6 Å². The van der Waals surface area contributed by atoms with Gasteiger partial charge in [-0.25, -0.2) is 0 Å². The summed E-state index contributed by atoms with van der Waals surface area (Å²) in [5, 5.41) is 4.58. The summed E-state index contributed by atoms with van der Waals surface area (Å²) in [4.78, 5) is 11.1. The smallest absolute Gasteiger partial charge is 0.307 e. The molecule has 5 nitrogen and oxygen atoms in total. The molecule has 0 radical (unpaired) electrons. The molecule has 0 saturated heterocycles. The minimum atomic E-state index is -0.473. The summed E-state index contributed by atoms with van der Waals surface area (Å²) >= 11 is 6.00. The van der Waals surface area contributed by atoms with E-state index in [-0.39, 0.29) is 12.4 Å². The van der Waals surface area contributed by atoms with Crippen molar-refractivity contribution in [2.75, 3.05) is 7.11 Å². The molecule has 0 aliphatic heterocycles. The van der Waals surface area contributed by atoms with E-state index in [9.17, 15) is 4.79 Å². The highest BCUT2D eigenvalue weighted by Crippen LogP contribution is 2.26. The zero-order valence-corrected chi connectivity index (χ0v) is 9.71. The largest absolute Gasteiger partial charge is 0.469 e. The highest BCUT2D eigenvalue weighted by Gasteiger charge is 2.20. The number of hydrogen-bond acceptors (Lipinski definition) is 4. The Hall–Kier alpha value is -1.07. The van der Waals surface area contributed by atoms with Crippen LogP contribution in [0, 0.1) is 6.92 Å². The van der Waals surface area contributed by atoms with E-state index in [0.29, 0.717) is 10.7 Å². The predicted octanol–water partition coefficient (Wildman–Crippen LogP) is 0.945. The second kappa shape index (κ2) is 4.63. The number of rotatable bonds is 3. The number of ether oxygens (including phenoxy) is 1. The zero-order chi connectivity index (χ0) is 11.6. The van der Waals surface area contributed by atoms with Crippen molar-refractivity contribution in [1.82, 2.24) is 9.78 Å². The summed E-state index contributed by atoms with van der Waals surface area (Å²) in [5.74, 6) is -0.359. The Morgan fingerprint density at radius 1 is 1.73 bits per heavy atom. The Morgan fingerprint density at radius 2 is 2.33 bits per heavy atom. The molecule has 84 valence electrons. The first-order chi connectivity index (χ1) is 6.97. The Morgan fingerprint density at radius 3 is 2.73 bits per heavy atom. The van der Waals surface area contributed by atoms with Gasteiger partial charge in [0.25, 0.3) is 0 Å². The maximum absolute atomic E-state index is 11.1. The van der Waals surface area contributed by atoms with Gasteiger partial charge in [-0.15, -0.1) is 0 Å². The predicted molar refractivity (Wildman–Crippen MR) is 56.5 cm³/mol. The van der Waals surface area contributed by atoms with Gasteiger partial charge in [-0.1, -0.05) is 11.6 Å². The number of hydrogen-bond donors (Lipinski definition) is 1. The van der Waals surface area contributed by atoms with Crippen LogP contribution >= 0.6 is 11.6 Å². The summed E-state index contributed by atoms with van der Waals surface area (Å²) in [7, 11) is 3.05. The molecular formula is C9H14ClN3O2. The summed E-state index contributed by atoms with van der Waals surface area (Å²) in [6.07, 6.45) is 0.1000. The fraction of sp³-hybridized carbons (Fsp3) is 0.556. The Kier molecular flexibility index (Phi) is 3.71. The lowest BCUT2D eigenvalue weighted by Crippen LogP contribution is -2.17. The number of aromatic nitrogens is 2. The van der Waals surface area contributed by atoms with E-state index >= 15 is 0 Å². The molecule has 1 aromatic heterocycles. The number of esters is 1. The molecule has 0 saturated carbocycles. The molecule has 0 aliphatic carbocycles. The summed E-state index contributed by atoms with van der Waals surface area (Å²) < 4.78 is 6.07. The second-order valence-electron chi connectivity index (χ2n) is 3.30. The fourth-order valence-electron chi connectivity index (χ4n) is 1.43. The third kappa shape index (κ3) is 2.49. The average Bonchev–Trinajstić information content (AvgIpc) is 2.41. The van der Waals surface area contributed by atoms with Crippen molar-refractivity contribution in [1.29, 1.82) is 0 Å². The number of nitrogens with zero attached hydrogens (tertiary/aromatic N) is 2. The first-order valence-corrected chi connectivity index (χ1v) is 4.86. The number of carbonyl (C=O) groups excluding carboxylic acids is 1. The second-order valence-corrected chi connectivity index (χ2v) is 3.66. The van der Waals surface area contributed by atoms with Crippen LogP contribution in [0.3, 0.4) is 0 Å². The zero-order valence-electron chi connectivity index (χ0n) is 8.95. The lowest BCUT2D eigenvalue weighted by molar-refractivity contribution is -0.141. The van der Waals surface area contributed by atoms with Crippen LogP contribution in [-0.2, 0) is 16.6 Å². The van der Waals surface area contributed by atoms with Crippen molar-refractivity contribution in [3.8, 4) is 0 Å². The lowest BCUT2D eigenvalue weighted by Gasteiger charge is -2.09. The topological polar surface area (TPSA) is 70.1 Å². The molecule has 0 amide bonds. The number of carbonyl (C=O) groups is 1. The van der Waals surface area contributed by atoms with E-state index in [1.807, 2.05) is 0 Å². The van der Waals surface area contributed by atoms with Gasteiger partial charge in [-0.3, -0.25) is 9.48 Å². The van der Waals surface area contributed by atoms with Gasteiger partial charge in [0, 0.05) is 18.7 Å². The Balaban J connectivity index is 2.90. The van der Waals surface area contributed by atoms with Crippen LogP contribution in [0.1, 0.15) is 23.7 Å². The molecule has 0 aromatic carbocycles. The summed E-state index contributed by atoms with van der Waals surface area (Å²) in [6, 6.07) is -0.473. The molecule has 1 atom stereocenters. The molecule has 0 bridgehead atoms. The minimum absolute atomic E-state index is 0.1000. The van der Waals surface area contributed by atoms with E-state index in [1.165, 1.54) is 11.8 Å². The molecule has 15 heavy (non-hydrogen) atoms. The van der Waals surface area contributed by atoms with E-state index in [2.05, 4.69) is 9.84 Å². The third-order valence-corrected chi connectivity index (χ3v) is 2.63. The van der Waals surface area contributed by atoms with Crippen molar-refractivity contribution < 1.29 is 9.53 Å². The highest BCUT2D eigenvalue weighted by atomic mass is 35.5. The molecule has 1 rings (SSSR count). The number of halogens is 1. The van der Waals surface area contributed by atoms with Crippen molar-refractivity contribution in [3.63, 3.8) is 0 Å².